The molecule has 1 aromatic carbocycles. The number of rotatable bonds is 5. The highest BCUT2D eigenvalue weighted by Gasteiger charge is 2.23. The van der Waals surface area contributed by atoms with Crippen LogP contribution in [0.3, 0.4) is 0 Å². The van der Waals surface area contributed by atoms with E-state index in [-0.39, 0.29) is 18.6 Å². The molecule has 2 atom stereocenters. The number of hydrogen-bond acceptors (Lipinski definition) is 3. The average molecular weight is 319 g/mol. The van der Waals surface area contributed by atoms with Crippen molar-refractivity contribution in [2.45, 2.75) is 44.7 Å². The largest absolute Gasteiger partial charge is 0.394 e. The normalized spacial score (nSPS) is 19.4. The van der Waals surface area contributed by atoms with Gasteiger partial charge in [-0.05, 0) is 38.2 Å². The van der Waals surface area contributed by atoms with Crippen LogP contribution in [0.5, 0.6) is 0 Å². The van der Waals surface area contributed by atoms with Gasteiger partial charge in [-0.25, -0.2) is 4.79 Å². The molecule has 0 aromatic heterocycles. The molecule has 1 heterocycles. The van der Waals surface area contributed by atoms with Crippen LogP contribution in [-0.2, 0) is 11.2 Å². The Hall–Kier alpha value is -2.08. The molecule has 6 nitrogen and oxygen atoms in total. The minimum absolute atomic E-state index is 0.142. The van der Waals surface area contributed by atoms with Gasteiger partial charge in [-0.2, -0.15) is 0 Å². The number of carbonyl (C=O) groups is 2. The van der Waals surface area contributed by atoms with Gasteiger partial charge >= 0.3 is 6.03 Å². The first-order chi connectivity index (χ1) is 11.1. The maximum Gasteiger partial charge on any atom is 0.315 e. The molecule has 4 N–H and O–H groups in total. The van der Waals surface area contributed by atoms with E-state index >= 15 is 0 Å². The average Bonchev–Trinajstić information content (AvgIpc) is 2.73. The molecule has 1 saturated heterocycles. The number of aliphatic hydroxyl groups is 1. The van der Waals surface area contributed by atoms with Crippen molar-refractivity contribution in [3.8, 4) is 0 Å². The van der Waals surface area contributed by atoms with E-state index in [2.05, 4.69) is 16.0 Å². The second kappa shape index (κ2) is 8.53. The van der Waals surface area contributed by atoms with Gasteiger partial charge in [0.25, 0.3) is 0 Å². The number of benzene rings is 1. The molecule has 1 aromatic rings. The van der Waals surface area contributed by atoms with Crippen LogP contribution in [0.25, 0.3) is 0 Å². The number of nitrogens with one attached hydrogen (secondary N) is 3. The van der Waals surface area contributed by atoms with Gasteiger partial charge in [0.2, 0.25) is 5.91 Å². The summed E-state index contributed by atoms with van der Waals surface area (Å²) >= 11 is 0. The number of carbonyl (C=O) groups excluding carboxylic acids is 2. The van der Waals surface area contributed by atoms with Gasteiger partial charge in [-0.1, -0.05) is 29.8 Å². The zero-order valence-corrected chi connectivity index (χ0v) is 13.5. The number of aryl methyl sites for hydroxylation is 1. The number of aliphatic hydroxyl groups excluding tert-OH is 1. The lowest BCUT2D eigenvalue weighted by Gasteiger charge is -2.20. The fourth-order valence-electron chi connectivity index (χ4n) is 2.63. The third kappa shape index (κ3) is 5.56. The minimum Gasteiger partial charge on any atom is -0.394 e. The summed E-state index contributed by atoms with van der Waals surface area (Å²) in [6.45, 7) is 2.51. The Morgan fingerprint density at radius 3 is 2.78 bits per heavy atom. The Kier molecular flexibility index (Phi) is 6.40. The summed E-state index contributed by atoms with van der Waals surface area (Å²) in [5.74, 6) is -0.142. The summed E-state index contributed by atoms with van der Waals surface area (Å²) in [6.07, 6.45) is 3.01. The van der Waals surface area contributed by atoms with Crippen LogP contribution in [0.4, 0.5) is 4.79 Å². The molecule has 0 saturated carbocycles. The third-order valence-corrected chi connectivity index (χ3v) is 4.00. The van der Waals surface area contributed by atoms with Gasteiger partial charge in [-0.15, -0.1) is 0 Å². The summed E-state index contributed by atoms with van der Waals surface area (Å²) in [7, 11) is 0. The van der Waals surface area contributed by atoms with Gasteiger partial charge in [0.1, 0.15) is 6.04 Å². The molecule has 0 radical (unpaired) electrons. The molecule has 2 rings (SSSR count). The van der Waals surface area contributed by atoms with E-state index in [4.69, 9.17) is 0 Å². The van der Waals surface area contributed by atoms with Crippen molar-refractivity contribution < 1.29 is 14.7 Å². The maximum atomic E-state index is 12.1. The van der Waals surface area contributed by atoms with Crippen molar-refractivity contribution >= 4 is 11.9 Å². The lowest BCUT2D eigenvalue weighted by molar-refractivity contribution is -0.122. The molecule has 0 bridgehead atoms. The van der Waals surface area contributed by atoms with E-state index in [1.54, 1.807) is 0 Å². The topological polar surface area (TPSA) is 90.5 Å². The van der Waals surface area contributed by atoms with E-state index in [1.165, 1.54) is 5.56 Å². The molecular weight excluding hydrogens is 294 g/mol. The monoisotopic (exact) mass is 319 g/mol. The molecular formula is C17H25N3O3. The molecule has 126 valence electrons. The molecule has 1 aliphatic rings. The lowest BCUT2D eigenvalue weighted by Crippen LogP contribution is -2.52. The zero-order chi connectivity index (χ0) is 16.7. The Morgan fingerprint density at radius 1 is 1.35 bits per heavy atom. The smallest absolute Gasteiger partial charge is 0.315 e. The highest BCUT2D eigenvalue weighted by atomic mass is 16.3. The Balaban J connectivity index is 1.86. The van der Waals surface area contributed by atoms with Gasteiger partial charge in [0.15, 0.2) is 0 Å². The quantitative estimate of drug-likeness (QED) is 0.649. The number of hydrogen-bond donors (Lipinski definition) is 4. The van der Waals surface area contributed by atoms with E-state index in [0.717, 1.165) is 18.4 Å². The molecule has 3 amide bonds. The van der Waals surface area contributed by atoms with Crippen LogP contribution in [0, 0.1) is 6.92 Å². The van der Waals surface area contributed by atoms with E-state index in [9.17, 15) is 14.7 Å². The van der Waals surface area contributed by atoms with Gasteiger partial charge in [0, 0.05) is 6.54 Å². The van der Waals surface area contributed by atoms with E-state index in [0.29, 0.717) is 19.4 Å². The zero-order valence-electron chi connectivity index (χ0n) is 13.5. The first kappa shape index (κ1) is 17.3. The van der Waals surface area contributed by atoms with Gasteiger partial charge in [0.05, 0.1) is 12.6 Å². The summed E-state index contributed by atoms with van der Waals surface area (Å²) < 4.78 is 0. The fourth-order valence-corrected chi connectivity index (χ4v) is 2.63. The number of urea groups is 1. The minimum atomic E-state index is -0.504. The van der Waals surface area contributed by atoms with Crippen LogP contribution < -0.4 is 16.0 Å². The summed E-state index contributed by atoms with van der Waals surface area (Å²) in [6, 6.07) is 6.66. The first-order valence-corrected chi connectivity index (χ1v) is 8.09. The number of amides is 3. The highest BCUT2D eigenvalue weighted by molar-refractivity contribution is 5.87. The predicted octanol–water partition coefficient (Wildman–Crippen LogP) is 0.866. The SMILES string of the molecule is Cc1ccc(C[C@@H](CO)NC(=O)N[C@H]2CCCCNC2=O)cc1. The summed E-state index contributed by atoms with van der Waals surface area (Å²) in [4.78, 5) is 23.9. The second-order valence-electron chi connectivity index (χ2n) is 6.03. The molecule has 0 spiro atoms. The van der Waals surface area contributed by atoms with Crippen LogP contribution in [0.1, 0.15) is 30.4 Å². The fraction of sp³-hybridized carbons (Fsp3) is 0.529. The Bertz CT molecular complexity index is 530. The van der Waals surface area contributed by atoms with Crippen molar-refractivity contribution in [1.29, 1.82) is 0 Å². The molecule has 1 fully saturated rings. The first-order valence-electron chi connectivity index (χ1n) is 8.09. The Morgan fingerprint density at radius 2 is 2.09 bits per heavy atom. The standard InChI is InChI=1S/C17H25N3O3/c1-12-5-7-13(8-6-12)10-14(11-21)19-17(23)20-15-4-2-3-9-18-16(15)22/h5-8,14-15,21H,2-4,9-11H2,1H3,(H,18,22)(H2,19,20,23)/t14-,15-/m0/s1. The lowest BCUT2D eigenvalue weighted by atomic mass is 10.1. The van der Waals surface area contributed by atoms with E-state index in [1.807, 2.05) is 31.2 Å². The highest BCUT2D eigenvalue weighted by Crippen LogP contribution is 2.07. The van der Waals surface area contributed by atoms with Crippen molar-refractivity contribution in [1.82, 2.24) is 16.0 Å². The van der Waals surface area contributed by atoms with Crippen molar-refractivity contribution in [3.63, 3.8) is 0 Å². The summed E-state index contributed by atoms with van der Waals surface area (Å²) in [5.41, 5.74) is 2.21. The third-order valence-electron chi connectivity index (χ3n) is 4.00. The van der Waals surface area contributed by atoms with Crippen molar-refractivity contribution in [2.75, 3.05) is 13.2 Å². The second-order valence-corrected chi connectivity index (χ2v) is 6.03. The van der Waals surface area contributed by atoms with Crippen LogP contribution >= 0.6 is 0 Å². The Labute approximate surface area is 136 Å². The molecule has 1 aliphatic heterocycles. The molecule has 0 aliphatic carbocycles. The van der Waals surface area contributed by atoms with Gasteiger partial charge in [-0.3, -0.25) is 4.79 Å². The predicted molar refractivity (Wildman–Crippen MR) is 88.1 cm³/mol. The molecule has 0 unspecified atom stereocenters. The van der Waals surface area contributed by atoms with Crippen LogP contribution in [0.2, 0.25) is 0 Å². The molecule has 6 heteroatoms. The molecule has 23 heavy (non-hydrogen) atoms. The van der Waals surface area contributed by atoms with Crippen molar-refractivity contribution in [2.24, 2.45) is 0 Å². The van der Waals surface area contributed by atoms with Gasteiger partial charge < -0.3 is 21.1 Å². The van der Waals surface area contributed by atoms with Crippen LogP contribution in [0.15, 0.2) is 24.3 Å². The summed E-state index contributed by atoms with van der Waals surface area (Å²) in [5, 5.41) is 17.7. The van der Waals surface area contributed by atoms with E-state index < -0.39 is 12.1 Å². The van der Waals surface area contributed by atoms with Crippen molar-refractivity contribution in [3.05, 3.63) is 35.4 Å². The van der Waals surface area contributed by atoms with Crippen LogP contribution in [-0.4, -0.2) is 42.3 Å². The maximum absolute atomic E-state index is 12.1.